The molecule has 0 unspecified atom stereocenters. The van der Waals surface area contributed by atoms with Crippen LogP contribution in [0.5, 0.6) is 0 Å². The molecule has 316 valence electrons. The van der Waals surface area contributed by atoms with Crippen LogP contribution in [0.15, 0.2) is 109 Å². The van der Waals surface area contributed by atoms with E-state index in [0.29, 0.717) is 24.5 Å². The molecule has 2 aliphatic rings. The van der Waals surface area contributed by atoms with Gasteiger partial charge in [-0.25, -0.2) is 0 Å². The number of piperidine rings is 2. The van der Waals surface area contributed by atoms with Gasteiger partial charge in [0.15, 0.2) is 23.1 Å². The third-order valence-corrected chi connectivity index (χ3v) is 11.6. The number of Topliss-reactive ketones (excluding diaryl/α,β-unsaturated/α-hetero) is 4. The van der Waals surface area contributed by atoms with Crippen LogP contribution in [-0.2, 0) is 10.8 Å². The zero-order chi connectivity index (χ0) is 42.8. The third kappa shape index (κ3) is 15.7. The van der Waals surface area contributed by atoms with Gasteiger partial charge in [0.2, 0.25) is 0 Å². The van der Waals surface area contributed by atoms with E-state index in [2.05, 4.69) is 63.9 Å². The standard InChI is InChI=1S/C26H33NO2.C14H19ClO.C12H15NO/c1-26(2,3)23-13-11-20(12-14-23)24(28)10-7-17-27-18-15-22(16-19-27)25(29)21-8-5-4-6-9-21;1-14(2,3)12-8-6-11(7-9-12)13(16)5-4-10-15;14-12(10-4-2-1-3-5-10)11-6-8-13-9-7-11/h4-6,8-9,11-14,22H,7,10,15-19H2,1-3H3;6-9H,4-5,10H2,1-3H3;1-5,11,13H,6-9H2. The second-order valence-electron chi connectivity index (χ2n) is 18.0. The summed E-state index contributed by atoms with van der Waals surface area (Å²) in [6.07, 6.45) is 6.53. The number of carbonyl (C=O) groups is 4. The summed E-state index contributed by atoms with van der Waals surface area (Å²) in [4.78, 5) is 51.1. The van der Waals surface area contributed by atoms with Gasteiger partial charge >= 0.3 is 0 Å². The Kier molecular flexibility index (Phi) is 18.9. The number of benzene rings is 4. The Morgan fingerprint density at radius 3 is 1.32 bits per heavy atom. The van der Waals surface area contributed by atoms with E-state index in [1.807, 2.05) is 97.1 Å². The van der Waals surface area contributed by atoms with Gasteiger partial charge in [-0.05, 0) is 93.2 Å². The zero-order valence-corrected chi connectivity index (χ0v) is 37.2. The van der Waals surface area contributed by atoms with E-state index in [-0.39, 0.29) is 40.0 Å². The van der Waals surface area contributed by atoms with Crippen molar-refractivity contribution in [2.45, 2.75) is 104 Å². The Morgan fingerprint density at radius 2 is 0.932 bits per heavy atom. The predicted molar refractivity (Wildman–Crippen MR) is 244 cm³/mol. The lowest BCUT2D eigenvalue weighted by atomic mass is 9.86. The van der Waals surface area contributed by atoms with Crippen LogP contribution >= 0.6 is 11.6 Å². The Morgan fingerprint density at radius 1 is 0.542 bits per heavy atom. The minimum absolute atomic E-state index is 0.107. The number of likely N-dealkylation sites (tertiary alicyclic amines) is 1. The lowest BCUT2D eigenvalue weighted by molar-refractivity contribution is 0.0836. The Bertz CT molecular complexity index is 1880. The first-order valence-electron chi connectivity index (χ1n) is 21.6. The number of ketones is 4. The molecule has 2 heterocycles. The molecule has 0 saturated carbocycles. The molecule has 4 aromatic rings. The van der Waals surface area contributed by atoms with E-state index in [9.17, 15) is 19.2 Å². The molecule has 4 aromatic carbocycles. The number of rotatable bonds is 13. The van der Waals surface area contributed by atoms with Crippen molar-refractivity contribution < 1.29 is 19.2 Å². The van der Waals surface area contributed by atoms with Crippen LogP contribution in [-0.4, -0.2) is 66.6 Å². The number of hydrogen-bond donors (Lipinski definition) is 1. The largest absolute Gasteiger partial charge is 0.317 e. The van der Waals surface area contributed by atoms with Crippen molar-refractivity contribution in [3.05, 3.63) is 143 Å². The zero-order valence-electron chi connectivity index (χ0n) is 36.4. The van der Waals surface area contributed by atoms with Crippen molar-refractivity contribution in [2.75, 3.05) is 38.6 Å². The van der Waals surface area contributed by atoms with E-state index in [1.165, 1.54) is 11.1 Å². The van der Waals surface area contributed by atoms with E-state index in [1.54, 1.807) is 0 Å². The fourth-order valence-corrected chi connectivity index (χ4v) is 7.60. The van der Waals surface area contributed by atoms with E-state index >= 15 is 0 Å². The summed E-state index contributed by atoms with van der Waals surface area (Å²) in [7, 11) is 0. The maximum atomic E-state index is 12.6. The maximum Gasteiger partial charge on any atom is 0.166 e. The highest BCUT2D eigenvalue weighted by Crippen LogP contribution is 2.25. The number of hydrogen-bond acceptors (Lipinski definition) is 6. The smallest absolute Gasteiger partial charge is 0.166 e. The molecule has 7 heteroatoms. The Balaban J connectivity index is 0.000000216. The van der Waals surface area contributed by atoms with Gasteiger partial charge < -0.3 is 10.2 Å². The lowest BCUT2D eigenvalue weighted by Crippen LogP contribution is -2.37. The average Bonchev–Trinajstić information content (AvgIpc) is 3.26. The molecule has 0 spiro atoms. The summed E-state index contributed by atoms with van der Waals surface area (Å²) < 4.78 is 0. The van der Waals surface area contributed by atoms with Crippen LogP contribution in [0.2, 0.25) is 0 Å². The lowest BCUT2D eigenvalue weighted by Gasteiger charge is -2.31. The van der Waals surface area contributed by atoms with Gasteiger partial charge in [-0.1, -0.05) is 151 Å². The summed E-state index contributed by atoms with van der Waals surface area (Å²) in [6.45, 7) is 17.8. The first-order chi connectivity index (χ1) is 28.2. The van der Waals surface area contributed by atoms with Gasteiger partial charge in [0.25, 0.3) is 0 Å². The first-order valence-corrected chi connectivity index (χ1v) is 22.2. The summed E-state index contributed by atoms with van der Waals surface area (Å²) in [5.41, 5.74) is 6.04. The highest BCUT2D eigenvalue weighted by Gasteiger charge is 2.26. The number of nitrogens with one attached hydrogen (secondary N) is 1. The molecule has 2 fully saturated rings. The van der Waals surface area contributed by atoms with Crippen LogP contribution < -0.4 is 5.32 Å². The van der Waals surface area contributed by atoms with Crippen LogP contribution in [0.25, 0.3) is 0 Å². The van der Waals surface area contributed by atoms with Crippen molar-refractivity contribution in [3.8, 4) is 0 Å². The molecule has 0 amide bonds. The monoisotopic (exact) mass is 818 g/mol. The molecule has 0 radical (unpaired) electrons. The van der Waals surface area contributed by atoms with E-state index in [0.717, 1.165) is 93.5 Å². The molecule has 0 aromatic heterocycles. The average molecular weight is 820 g/mol. The van der Waals surface area contributed by atoms with Crippen molar-refractivity contribution in [1.82, 2.24) is 10.2 Å². The molecule has 6 nitrogen and oxygen atoms in total. The van der Waals surface area contributed by atoms with Gasteiger partial charge in [0.05, 0.1) is 0 Å². The molecule has 59 heavy (non-hydrogen) atoms. The highest BCUT2D eigenvalue weighted by molar-refractivity contribution is 6.18. The Labute approximate surface area is 359 Å². The molecule has 0 atom stereocenters. The topological polar surface area (TPSA) is 83.6 Å². The minimum atomic E-state index is 0.107. The van der Waals surface area contributed by atoms with Gasteiger partial charge in [-0.2, -0.15) is 0 Å². The fourth-order valence-electron chi connectivity index (χ4n) is 7.47. The van der Waals surface area contributed by atoms with Gasteiger partial charge in [-0.15, -0.1) is 11.6 Å². The highest BCUT2D eigenvalue weighted by atomic mass is 35.5. The fraction of sp³-hybridized carbons (Fsp3) is 0.462. The second-order valence-corrected chi connectivity index (χ2v) is 18.4. The molecule has 2 saturated heterocycles. The Hall–Kier alpha value is -4.23. The number of carbonyl (C=O) groups excluding carboxylic acids is 4. The molecule has 0 bridgehead atoms. The summed E-state index contributed by atoms with van der Waals surface area (Å²) >= 11 is 5.57. The van der Waals surface area contributed by atoms with Crippen LogP contribution in [0.3, 0.4) is 0 Å². The minimum Gasteiger partial charge on any atom is -0.317 e. The predicted octanol–water partition coefficient (Wildman–Crippen LogP) is 11.6. The van der Waals surface area contributed by atoms with Gasteiger partial charge in [0, 0.05) is 52.8 Å². The third-order valence-electron chi connectivity index (χ3n) is 11.3. The van der Waals surface area contributed by atoms with Crippen molar-refractivity contribution in [2.24, 2.45) is 11.8 Å². The molecule has 0 aliphatic carbocycles. The first kappa shape index (κ1) is 47.4. The van der Waals surface area contributed by atoms with Crippen molar-refractivity contribution >= 4 is 34.7 Å². The van der Waals surface area contributed by atoms with Gasteiger partial charge in [0.1, 0.15) is 0 Å². The molecular weight excluding hydrogens is 752 g/mol. The quantitative estimate of drug-likeness (QED) is 0.107. The molecular formula is C52H67ClN2O4. The van der Waals surface area contributed by atoms with Gasteiger partial charge in [-0.3, -0.25) is 19.2 Å². The van der Waals surface area contributed by atoms with E-state index < -0.39 is 0 Å². The van der Waals surface area contributed by atoms with Crippen LogP contribution in [0.4, 0.5) is 0 Å². The summed E-state index contributed by atoms with van der Waals surface area (Å²) in [5, 5.41) is 3.27. The number of nitrogens with zero attached hydrogens (tertiary/aromatic N) is 1. The van der Waals surface area contributed by atoms with E-state index in [4.69, 9.17) is 11.6 Å². The van der Waals surface area contributed by atoms with Crippen LogP contribution in [0.1, 0.15) is 145 Å². The normalized spacial score (nSPS) is 15.2. The van der Waals surface area contributed by atoms with Crippen LogP contribution in [0, 0.1) is 11.8 Å². The number of halogens is 1. The molecule has 2 aliphatic heterocycles. The number of alkyl halides is 1. The van der Waals surface area contributed by atoms with Crippen molar-refractivity contribution in [1.29, 1.82) is 0 Å². The second kappa shape index (κ2) is 23.5. The maximum absolute atomic E-state index is 12.6. The SMILES string of the molecule is CC(C)(C)c1ccc(C(=O)CCCCl)cc1.CC(C)(C)c1ccc(C(=O)CCCN2CCC(C(=O)c3ccccc3)CC2)cc1.O=C(c1ccccc1)C1CCNCC1. The van der Waals surface area contributed by atoms with Crippen molar-refractivity contribution in [3.63, 3.8) is 0 Å². The summed E-state index contributed by atoms with van der Waals surface area (Å²) in [6, 6.07) is 35.2. The summed E-state index contributed by atoms with van der Waals surface area (Å²) in [5.74, 6) is 1.91. The molecule has 1 N–H and O–H groups in total. The molecule has 6 rings (SSSR count).